The minimum Gasteiger partial charge on any atom is -0.493 e. The lowest BCUT2D eigenvalue weighted by Crippen LogP contribution is -2.40. The van der Waals surface area contributed by atoms with E-state index in [0.717, 1.165) is 21.3 Å². The Morgan fingerprint density at radius 1 is 1.16 bits per heavy atom. The lowest BCUT2D eigenvalue weighted by atomic mass is 9.95. The van der Waals surface area contributed by atoms with Gasteiger partial charge in [0.2, 0.25) is 0 Å². The fourth-order valence-electron chi connectivity index (χ4n) is 4.18. The highest BCUT2D eigenvalue weighted by Gasteiger charge is 2.33. The van der Waals surface area contributed by atoms with Gasteiger partial charge in [-0.3, -0.25) is 9.36 Å². The predicted molar refractivity (Wildman–Crippen MR) is 148 cm³/mol. The zero-order valence-electron chi connectivity index (χ0n) is 21.5. The molecule has 0 radical (unpaired) electrons. The topological polar surface area (TPSA) is 82.4 Å². The SMILES string of the molecule is CCOC(=O)C1=C(C)N=c2s/c(=C/c3cc(OC)c(OC)cc3Br)c(=O)n2[C@@H]1c1ccc(N(C)C)cc1. The average Bonchev–Trinajstić information content (AvgIpc) is 3.18. The molecule has 194 valence electrons. The molecule has 1 atom stereocenters. The smallest absolute Gasteiger partial charge is 0.338 e. The van der Waals surface area contributed by atoms with E-state index in [9.17, 15) is 9.59 Å². The highest BCUT2D eigenvalue weighted by atomic mass is 79.9. The summed E-state index contributed by atoms with van der Waals surface area (Å²) in [6.07, 6.45) is 1.78. The maximum absolute atomic E-state index is 13.8. The van der Waals surface area contributed by atoms with Crippen molar-refractivity contribution in [3.63, 3.8) is 0 Å². The van der Waals surface area contributed by atoms with Crippen molar-refractivity contribution in [1.29, 1.82) is 0 Å². The highest BCUT2D eigenvalue weighted by molar-refractivity contribution is 9.10. The number of fused-ring (bicyclic) bond motifs is 1. The van der Waals surface area contributed by atoms with Gasteiger partial charge in [0.05, 0.1) is 42.7 Å². The summed E-state index contributed by atoms with van der Waals surface area (Å²) in [5.74, 6) is 0.634. The van der Waals surface area contributed by atoms with Crippen LogP contribution >= 0.6 is 27.3 Å². The number of benzene rings is 2. The number of rotatable bonds is 7. The van der Waals surface area contributed by atoms with Gasteiger partial charge in [0, 0.05) is 24.3 Å². The number of aromatic nitrogens is 1. The largest absolute Gasteiger partial charge is 0.493 e. The molecule has 0 saturated heterocycles. The molecular formula is C27H28BrN3O5S. The van der Waals surface area contributed by atoms with Crippen molar-refractivity contribution in [2.24, 2.45) is 4.99 Å². The Labute approximate surface area is 227 Å². The first kappa shape index (κ1) is 26.7. The minimum absolute atomic E-state index is 0.222. The summed E-state index contributed by atoms with van der Waals surface area (Å²) in [6.45, 7) is 3.75. The Morgan fingerprint density at radius 2 is 1.81 bits per heavy atom. The molecule has 3 aromatic rings. The number of ether oxygens (including phenoxy) is 3. The summed E-state index contributed by atoms with van der Waals surface area (Å²) < 4.78 is 19.0. The van der Waals surface area contributed by atoms with E-state index in [0.29, 0.717) is 32.1 Å². The molecule has 2 aromatic carbocycles. The molecule has 2 heterocycles. The third-order valence-corrected chi connectivity index (χ3v) is 7.70. The van der Waals surface area contributed by atoms with Crippen molar-refractivity contribution in [2.75, 3.05) is 39.8 Å². The first-order chi connectivity index (χ1) is 17.7. The monoisotopic (exact) mass is 585 g/mol. The zero-order chi connectivity index (χ0) is 26.9. The molecule has 0 unspecified atom stereocenters. The Kier molecular flexibility index (Phi) is 7.89. The zero-order valence-corrected chi connectivity index (χ0v) is 23.9. The lowest BCUT2D eigenvalue weighted by Gasteiger charge is -2.25. The van der Waals surface area contributed by atoms with Gasteiger partial charge in [-0.25, -0.2) is 9.79 Å². The van der Waals surface area contributed by atoms with Crippen molar-refractivity contribution in [2.45, 2.75) is 19.9 Å². The summed E-state index contributed by atoms with van der Waals surface area (Å²) in [7, 11) is 7.04. The third kappa shape index (κ3) is 5.08. The number of nitrogens with zero attached hydrogens (tertiary/aromatic N) is 3. The van der Waals surface area contributed by atoms with E-state index in [-0.39, 0.29) is 12.2 Å². The molecule has 37 heavy (non-hydrogen) atoms. The Bertz CT molecular complexity index is 1550. The van der Waals surface area contributed by atoms with Crippen LogP contribution < -0.4 is 29.3 Å². The van der Waals surface area contributed by atoms with Crippen LogP contribution in [-0.2, 0) is 9.53 Å². The molecule has 0 fully saturated rings. The van der Waals surface area contributed by atoms with Crippen molar-refractivity contribution in [3.8, 4) is 11.5 Å². The van der Waals surface area contributed by atoms with Crippen molar-refractivity contribution < 1.29 is 19.0 Å². The number of carbonyl (C=O) groups is 1. The van der Waals surface area contributed by atoms with Crippen LogP contribution in [0.3, 0.4) is 0 Å². The Balaban J connectivity index is 1.94. The lowest BCUT2D eigenvalue weighted by molar-refractivity contribution is -0.139. The summed E-state index contributed by atoms with van der Waals surface area (Å²) in [6, 6.07) is 10.7. The first-order valence-corrected chi connectivity index (χ1v) is 13.2. The number of esters is 1. The van der Waals surface area contributed by atoms with Gasteiger partial charge in [0.15, 0.2) is 16.3 Å². The van der Waals surface area contributed by atoms with Crippen LogP contribution in [0.15, 0.2) is 61.9 Å². The van der Waals surface area contributed by atoms with Gasteiger partial charge >= 0.3 is 5.97 Å². The number of halogens is 1. The molecule has 0 amide bonds. The Hall–Kier alpha value is -3.37. The number of anilines is 1. The summed E-state index contributed by atoms with van der Waals surface area (Å²) in [5, 5.41) is 0. The Morgan fingerprint density at radius 3 is 2.41 bits per heavy atom. The van der Waals surface area contributed by atoms with E-state index in [1.807, 2.05) is 43.3 Å². The van der Waals surface area contributed by atoms with Gasteiger partial charge < -0.3 is 19.1 Å². The number of hydrogen-bond acceptors (Lipinski definition) is 8. The van der Waals surface area contributed by atoms with Gasteiger partial charge in [-0.2, -0.15) is 0 Å². The van der Waals surface area contributed by atoms with E-state index in [2.05, 4.69) is 20.9 Å². The van der Waals surface area contributed by atoms with Crippen molar-refractivity contribution >= 4 is 45.0 Å². The maximum atomic E-state index is 13.8. The molecule has 0 bridgehead atoms. The molecule has 0 N–H and O–H groups in total. The van der Waals surface area contributed by atoms with Gasteiger partial charge in [-0.05, 0) is 55.3 Å². The van der Waals surface area contributed by atoms with Crippen molar-refractivity contribution in [3.05, 3.63) is 83.0 Å². The van der Waals surface area contributed by atoms with Crippen LogP contribution in [-0.4, -0.2) is 45.5 Å². The van der Waals surface area contributed by atoms with Gasteiger partial charge in [-0.1, -0.05) is 39.4 Å². The normalized spacial score (nSPS) is 15.2. The first-order valence-electron chi connectivity index (χ1n) is 11.6. The van der Waals surface area contributed by atoms with Crippen LogP contribution in [0.5, 0.6) is 11.5 Å². The van der Waals surface area contributed by atoms with Crippen LogP contribution in [0.2, 0.25) is 0 Å². The van der Waals surface area contributed by atoms with E-state index < -0.39 is 12.0 Å². The van der Waals surface area contributed by atoms with E-state index >= 15 is 0 Å². The molecule has 0 aliphatic carbocycles. The molecule has 10 heteroatoms. The molecule has 1 aliphatic rings. The standard InChI is InChI=1S/C27H28BrN3O5S/c1-7-36-26(33)23-15(2)29-27-31(24(23)16-8-10-18(11-9-16)30(3)4)25(32)22(37-27)13-17-12-20(34-5)21(35-6)14-19(17)28/h8-14,24H,7H2,1-6H3/b22-13+/t24-/m1/s1. The summed E-state index contributed by atoms with van der Waals surface area (Å²) >= 11 is 4.83. The van der Waals surface area contributed by atoms with E-state index in [1.54, 1.807) is 50.8 Å². The molecule has 0 saturated carbocycles. The van der Waals surface area contributed by atoms with Crippen molar-refractivity contribution in [1.82, 2.24) is 4.57 Å². The number of allylic oxidation sites excluding steroid dienone is 1. The van der Waals surface area contributed by atoms with Crippen LogP contribution in [0.1, 0.15) is 31.0 Å². The third-order valence-electron chi connectivity index (χ3n) is 6.03. The second-order valence-corrected chi connectivity index (χ2v) is 10.4. The van der Waals surface area contributed by atoms with Crippen LogP contribution in [0.4, 0.5) is 5.69 Å². The number of hydrogen-bond donors (Lipinski definition) is 0. The number of thiazole rings is 1. The maximum Gasteiger partial charge on any atom is 0.338 e. The van der Waals surface area contributed by atoms with Gasteiger partial charge in [-0.15, -0.1) is 0 Å². The highest BCUT2D eigenvalue weighted by Crippen LogP contribution is 2.34. The van der Waals surface area contributed by atoms with Gasteiger partial charge in [0.1, 0.15) is 0 Å². The minimum atomic E-state index is -0.664. The average molecular weight is 587 g/mol. The van der Waals surface area contributed by atoms with Crippen LogP contribution in [0.25, 0.3) is 6.08 Å². The number of carbonyl (C=O) groups excluding carboxylic acids is 1. The van der Waals surface area contributed by atoms with Gasteiger partial charge in [0.25, 0.3) is 5.56 Å². The van der Waals surface area contributed by atoms with Crippen LogP contribution in [0, 0.1) is 0 Å². The molecule has 0 spiro atoms. The molecule has 1 aliphatic heterocycles. The van der Waals surface area contributed by atoms with E-state index in [4.69, 9.17) is 14.2 Å². The summed E-state index contributed by atoms with van der Waals surface area (Å²) in [4.78, 5) is 34.0. The molecule has 8 nitrogen and oxygen atoms in total. The molecule has 4 rings (SSSR count). The number of methoxy groups -OCH3 is 2. The fourth-order valence-corrected chi connectivity index (χ4v) is 5.66. The second kappa shape index (κ2) is 10.9. The van der Waals surface area contributed by atoms with E-state index in [1.165, 1.54) is 11.3 Å². The fraction of sp³-hybridized carbons (Fsp3) is 0.296. The second-order valence-electron chi connectivity index (χ2n) is 8.52. The molecule has 1 aromatic heterocycles. The quantitative estimate of drug-likeness (QED) is 0.394. The predicted octanol–water partition coefficient (Wildman–Crippen LogP) is 3.64. The molecular weight excluding hydrogens is 558 g/mol. The summed E-state index contributed by atoms with van der Waals surface area (Å²) in [5.41, 5.74) is 3.18.